The predicted molar refractivity (Wildman–Crippen MR) is 132 cm³/mol. The zero-order valence-electron chi connectivity index (χ0n) is 19.3. The molecule has 2 aromatic carbocycles. The monoisotopic (exact) mass is 483 g/mol. The van der Waals surface area contributed by atoms with Crippen molar-refractivity contribution in [3.63, 3.8) is 0 Å². The van der Waals surface area contributed by atoms with Crippen molar-refractivity contribution in [2.45, 2.75) is 56.5 Å². The van der Waals surface area contributed by atoms with Crippen LogP contribution in [0.15, 0.2) is 72.8 Å². The first-order chi connectivity index (χ1) is 16.5. The number of carbonyl (C=O) groups is 1. The average Bonchev–Trinajstić information content (AvgIpc) is 3.42. The second kappa shape index (κ2) is 11.7. The van der Waals surface area contributed by atoms with Gasteiger partial charge >= 0.3 is 0 Å². The van der Waals surface area contributed by atoms with Crippen LogP contribution in [0.25, 0.3) is 0 Å². The summed E-state index contributed by atoms with van der Waals surface area (Å²) in [5.41, 5.74) is 0.655. The van der Waals surface area contributed by atoms with E-state index in [1.807, 2.05) is 36.4 Å². The fraction of sp³-hybridized carbons (Fsp3) is 0.444. The highest BCUT2D eigenvalue weighted by molar-refractivity contribution is 7.89. The third kappa shape index (κ3) is 6.93. The highest BCUT2D eigenvalue weighted by atomic mass is 32.2. The van der Waals surface area contributed by atoms with Crippen LogP contribution in [0.1, 0.15) is 44.1 Å². The predicted octanol–water partition coefficient (Wildman–Crippen LogP) is 4.62. The maximum absolute atomic E-state index is 12.2. The lowest BCUT2D eigenvalue weighted by Gasteiger charge is -2.27. The first-order valence-electron chi connectivity index (χ1n) is 12.1. The number of unbranched alkanes of at least 4 members (excludes halogenated alkanes) is 1. The summed E-state index contributed by atoms with van der Waals surface area (Å²) < 4.78 is 38.7. The molecule has 34 heavy (non-hydrogen) atoms. The maximum atomic E-state index is 12.2. The second-order valence-corrected chi connectivity index (χ2v) is 10.8. The van der Waals surface area contributed by atoms with Gasteiger partial charge in [-0.1, -0.05) is 60.7 Å². The van der Waals surface area contributed by atoms with Crippen LogP contribution in [-0.2, 0) is 25.3 Å². The molecule has 2 aromatic rings. The molecule has 2 heterocycles. The lowest BCUT2D eigenvalue weighted by atomic mass is 9.78. The van der Waals surface area contributed by atoms with Crippen molar-refractivity contribution in [3.05, 3.63) is 78.4 Å². The summed E-state index contributed by atoms with van der Waals surface area (Å²) in [5.74, 6) is 1.09. The van der Waals surface area contributed by atoms with Gasteiger partial charge in [-0.2, -0.15) is 0 Å². The number of allylic oxidation sites excluding steroid dienone is 2. The van der Waals surface area contributed by atoms with Gasteiger partial charge in [-0.25, -0.2) is 8.42 Å². The summed E-state index contributed by atoms with van der Waals surface area (Å²) in [6, 6.07) is 18.7. The molecular weight excluding hydrogens is 450 g/mol. The normalized spacial score (nSPS) is 23.9. The van der Waals surface area contributed by atoms with E-state index in [-0.39, 0.29) is 18.3 Å². The molecule has 0 saturated carbocycles. The zero-order chi connectivity index (χ0) is 23.8. The molecule has 0 aliphatic carbocycles. The fourth-order valence-electron chi connectivity index (χ4n) is 4.94. The van der Waals surface area contributed by atoms with Crippen molar-refractivity contribution < 1.29 is 22.7 Å². The molecule has 4 atom stereocenters. The van der Waals surface area contributed by atoms with Gasteiger partial charge in [-0.15, -0.1) is 0 Å². The molecule has 7 heteroatoms. The van der Waals surface area contributed by atoms with Crippen molar-refractivity contribution >= 4 is 15.9 Å². The van der Waals surface area contributed by atoms with Crippen molar-refractivity contribution in [1.82, 2.24) is 4.72 Å². The molecule has 4 rings (SSSR count). The van der Waals surface area contributed by atoms with Gasteiger partial charge in [0.1, 0.15) is 5.75 Å². The Morgan fingerprint density at radius 1 is 0.971 bits per heavy atom. The van der Waals surface area contributed by atoms with Gasteiger partial charge in [0.2, 0.25) is 15.9 Å². The van der Waals surface area contributed by atoms with E-state index in [4.69, 9.17) is 9.47 Å². The minimum absolute atomic E-state index is 0.184. The first-order valence-corrected chi connectivity index (χ1v) is 13.7. The Hall–Kier alpha value is -2.64. The van der Waals surface area contributed by atoms with Gasteiger partial charge in [0.25, 0.3) is 0 Å². The van der Waals surface area contributed by atoms with Gasteiger partial charge in [-0.05, 0) is 55.7 Å². The van der Waals surface area contributed by atoms with Gasteiger partial charge in [0, 0.05) is 12.3 Å². The Morgan fingerprint density at radius 3 is 2.38 bits per heavy atom. The van der Waals surface area contributed by atoms with Gasteiger partial charge in [-0.3, -0.25) is 9.52 Å². The highest BCUT2D eigenvalue weighted by Gasteiger charge is 2.48. The highest BCUT2D eigenvalue weighted by Crippen LogP contribution is 2.45. The van der Waals surface area contributed by atoms with Crippen LogP contribution in [0.3, 0.4) is 0 Å². The minimum atomic E-state index is -3.67. The van der Waals surface area contributed by atoms with E-state index in [0.717, 1.165) is 31.4 Å². The van der Waals surface area contributed by atoms with E-state index in [2.05, 4.69) is 16.9 Å². The number of nitrogens with one attached hydrogen (secondary N) is 1. The smallest absolute Gasteiger partial charge is 0.239 e. The topological polar surface area (TPSA) is 81.7 Å². The summed E-state index contributed by atoms with van der Waals surface area (Å²) in [5, 5.41) is 0. The number of sulfonamides is 1. The third-order valence-electron chi connectivity index (χ3n) is 6.59. The largest absolute Gasteiger partial charge is 0.493 e. The molecular formula is C27H33NO5S. The molecule has 2 aliphatic heterocycles. The molecule has 0 radical (unpaired) electrons. The van der Waals surface area contributed by atoms with Gasteiger partial charge < -0.3 is 9.47 Å². The van der Waals surface area contributed by atoms with Gasteiger partial charge in [0.15, 0.2) is 0 Å². The third-order valence-corrected chi connectivity index (χ3v) is 7.85. The van der Waals surface area contributed by atoms with Crippen LogP contribution in [0, 0.1) is 11.8 Å². The number of hydrogen-bond acceptors (Lipinski definition) is 5. The SMILES string of the molecule is O=C(CCC/C=C\C[C@@H]1[C@H](COc2ccccc2)[C@@H]2CC[C@H]1O2)NS(=O)(=O)Cc1ccccc1. The number of ether oxygens (including phenoxy) is 2. The van der Waals surface area contributed by atoms with E-state index in [1.165, 1.54) is 0 Å². The van der Waals surface area contributed by atoms with Crippen LogP contribution >= 0.6 is 0 Å². The number of para-hydroxylation sites is 1. The Balaban J connectivity index is 1.16. The second-order valence-electron chi connectivity index (χ2n) is 9.11. The number of rotatable bonds is 12. The van der Waals surface area contributed by atoms with Crippen LogP contribution in [-0.4, -0.2) is 33.1 Å². The van der Waals surface area contributed by atoms with Crippen molar-refractivity contribution in [2.75, 3.05) is 6.61 Å². The minimum Gasteiger partial charge on any atom is -0.493 e. The Morgan fingerprint density at radius 2 is 1.65 bits per heavy atom. The summed E-state index contributed by atoms with van der Waals surface area (Å²) in [4.78, 5) is 12.1. The van der Waals surface area contributed by atoms with Crippen LogP contribution in [0.4, 0.5) is 0 Å². The van der Waals surface area contributed by atoms with Crippen LogP contribution in [0.2, 0.25) is 0 Å². The lowest BCUT2D eigenvalue weighted by molar-refractivity contribution is -0.119. The van der Waals surface area contributed by atoms with E-state index >= 15 is 0 Å². The summed E-state index contributed by atoms with van der Waals surface area (Å²) in [7, 11) is -3.67. The summed E-state index contributed by atoms with van der Waals surface area (Å²) in [6.45, 7) is 0.668. The summed E-state index contributed by atoms with van der Waals surface area (Å²) in [6.07, 6.45) is 9.54. The van der Waals surface area contributed by atoms with E-state index < -0.39 is 15.9 Å². The zero-order valence-corrected chi connectivity index (χ0v) is 20.2. The Bertz CT molecular complexity index is 1050. The molecule has 2 saturated heterocycles. The molecule has 1 N–H and O–H groups in total. The Kier molecular flexibility index (Phi) is 8.40. The molecule has 2 fully saturated rings. The molecule has 2 aliphatic rings. The molecule has 182 valence electrons. The number of hydrogen-bond donors (Lipinski definition) is 1. The summed E-state index contributed by atoms with van der Waals surface area (Å²) >= 11 is 0. The molecule has 6 nitrogen and oxygen atoms in total. The van der Waals surface area contributed by atoms with Gasteiger partial charge in [0.05, 0.1) is 24.6 Å². The molecule has 2 bridgehead atoms. The molecule has 1 amide bonds. The van der Waals surface area contributed by atoms with E-state index in [1.54, 1.807) is 24.3 Å². The molecule has 0 aromatic heterocycles. The number of benzene rings is 2. The van der Waals surface area contributed by atoms with Crippen molar-refractivity contribution in [3.8, 4) is 5.75 Å². The standard InChI is InChI=1S/C27H33NO5S/c29-27(28-34(30,31)20-21-11-5-3-6-12-21)16-10-2-1-9-15-23-24(26-18-17-25(23)33-26)19-32-22-13-7-4-8-14-22/h1,3-9,11-14,23-26H,2,10,15-20H2,(H,28,29)/b9-1-/t23-,24+,25-,26+/m1/s1. The van der Waals surface area contributed by atoms with Crippen molar-refractivity contribution in [1.29, 1.82) is 0 Å². The number of amides is 1. The number of fused-ring (bicyclic) bond motifs is 2. The van der Waals surface area contributed by atoms with E-state index in [9.17, 15) is 13.2 Å². The Labute approximate surface area is 202 Å². The van der Waals surface area contributed by atoms with Crippen LogP contribution < -0.4 is 9.46 Å². The van der Waals surface area contributed by atoms with Crippen molar-refractivity contribution in [2.24, 2.45) is 11.8 Å². The molecule has 0 unspecified atom stereocenters. The quantitative estimate of drug-likeness (QED) is 0.352. The molecule has 0 spiro atoms. The fourth-order valence-corrected chi connectivity index (χ4v) is 6.10. The first kappa shape index (κ1) is 24.5. The lowest BCUT2D eigenvalue weighted by Crippen LogP contribution is -2.31. The van der Waals surface area contributed by atoms with Crippen LogP contribution in [0.5, 0.6) is 5.75 Å². The average molecular weight is 484 g/mol. The maximum Gasteiger partial charge on any atom is 0.239 e. The number of carbonyl (C=O) groups excluding carboxylic acids is 1. The van der Waals surface area contributed by atoms with E-state index in [0.29, 0.717) is 36.5 Å².